The molecule has 0 radical (unpaired) electrons. The third-order valence-corrected chi connectivity index (χ3v) is 3.22. The first-order chi connectivity index (χ1) is 9.91. The van der Waals surface area contributed by atoms with Crippen molar-refractivity contribution < 1.29 is 0 Å². The lowest BCUT2D eigenvalue weighted by Gasteiger charge is -2.17. The minimum absolute atomic E-state index is 0.0746. The van der Waals surface area contributed by atoms with Crippen LogP contribution in [-0.2, 0) is 12.1 Å². The number of imidazole rings is 1. The van der Waals surface area contributed by atoms with E-state index in [9.17, 15) is 4.79 Å². The van der Waals surface area contributed by atoms with Crippen LogP contribution in [0.4, 0.5) is 5.69 Å². The molecule has 2 aromatic heterocycles. The van der Waals surface area contributed by atoms with Gasteiger partial charge in [0.25, 0.3) is 0 Å². The summed E-state index contributed by atoms with van der Waals surface area (Å²) in [6, 6.07) is 5.67. The van der Waals surface area contributed by atoms with Crippen LogP contribution in [-0.4, -0.2) is 25.0 Å². The number of aromatic nitrogens is 5. The highest BCUT2D eigenvalue weighted by Gasteiger charge is 2.14. The molecule has 21 heavy (non-hydrogen) atoms. The predicted molar refractivity (Wildman–Crippen MR) is 81.3 cm³/mol. The number of aromatic amines is 2. The Bertz CT molecular complexity index is 820. The Morgan fingerprint density at radius 3 is 2.71 bits per heavy atom. The van der Waals surface area contributed by atoms with Gasteiger partial charge in [-0.05, 0) is 39.0 Å². The summed E-state index contributed by atoms with van der Waals surface area (Å²) in [7, 11) is 0. The van der Waals surface area contributed by atoms with Crippen molar-refractivity contribution in [2.24, 2.45) is 0 Å². The molecule has 0 saturated carbocycles. The van der Waals surface area contributed by atoms with Gasteiger partial charge in [-0.15, -0.1) is 5.10 Å². The third kappa shape index (κ3) is 2.81. The van der Waals surface area contributed by atoms with Crippen LogP contribution in [0.2, 0.25) is 0 Å². The quantitative estimate of drug-likeness (QED) is 0.685. The standard InChI is InChI=1S/C14H18N6O/c1-14(2,3)20-8-10(18-19-20)7-15-9-4-5-11-12(6-9)17-13(21)16-11/h4-6,8,15H,7H2,1-3H3,(H2,16,17,21). The largest absolute Gasteiger partial charge is 0.379 e. The number of benzene rings is 1. The molecule has 0 aliphatic heterocycles. The van der Waals surface area contributed by atoms with Crippen molar-refractivity contribution in [1.29, 1.82) is 0 Å². The van der Waals surface area contributed by atoms with E-state index in [1.165, 1.54) is 0 Å². The zero-order valence-electron chi connectivity index (χ0n) is 12.3. The average Bonchev–Trinajstić information content (AvgIpc) is 3.00. The Hall–Kier alpha value is -2.57. The highest BCUT2D eigenvalue weighted by molar-refractivity contribution is 5.78. The first-order valence-corrected chi connectivity index (χ1v) is 6.79. The Morgan fingerprint density at radius 1 is 1.24 bits per heavy atom. The number of fused-ring (bicyclic) bond motifs is 1. The van der Waals surface area contributed by atoms with Gasteiger partial charge in [0.2, 0.25) is 0 Å². The van der Waals surface area contributed by atoms with Gasteiger partial charge >= 0.3 is 5.69 Å². The number of anilines is 1. The van der Waals surface area contributed by atoms with E-state index in [4.69, 9.17) is 0 Å². The van der Waals surface area contributed by atoms with E-state index < -0.39 is 0 Å². The summed E-state index contributed by atoms with van der Waals surface area (Å²) >= 11 is 0. The van der Waals surface area contributed by atoms with Gasteiger partial charge < -0.3 is 15.3 Å². The summed E-state index contributed by atoms with van der Waals surface area (Å²) in [6.45, 7) is 6.81. The molecule has 7 nitrogen and oxygen atoms in total. The molecular formula is C14H18N6O. The van der Waals surface area contributed by atoms with Crippen molar-refractivity contribution in [3.8, 4) is 0 Å². The van der Waals surface area contributed by atoms with E-state index >= 15 is 0 Å². The molecule has 0 amide bonds. The number of hydrogen-bond donors (Lipinski definition) is 3. The van der Waals surface area contributed by atoms with Gasteiger partial charge in [0, 0.05) is 5.69 Å². The monoisotopic (exact) mass is 286 g/mol. The lowest BCUT2D eigenvalue weighted by molar-refractivity contribution is 0.347. The van der Waals surface area contributed by atoms with Crippen molar-refractivity contribution >= 4 is 16.7 Å². The van der Waals surface area contributed by atoms with Gasteiger partial charge in [-0.2, -0.15) is 0 Å². The minimum atomic E-state index is -0.199. The summed E-state index contributed by atoms with van der Waals surface area (Å²) in [5, 5.41) is 11.6. The molecule has 0 spiro atoms. The molecule has 3 rings (SSSR count). The van der Waals surface area contributed by atoms with Gasteiger partial charge in [-0.25, -0.2) is 9.48 Å². The molecule has 2 heterocycles. The predicted octanol–water partition coefficient (Wildman–Crippen LogP) is 1.81. The lowest BCUT2D eigenvalue weighted by atomic mass is 10.1. The molecule has 0 atom stereocenters. The molecule has 0 fully saturated rings. The van der Waals surface area contributed by atoms with E-state index in [1.807, 2.05) is 29.1 Å². The molecular weight excluding hydrogens is 268 g/mol. The Morgan fingerprint density at radius 2 is 2.00 bits per heavy atom. The van der Waals surface area contributed by atoms with E-state index in [0.717, 1.165) is 22.4 Å². The van der Waals surface area contributed by atoms with Gasteiger partial charge in [0.15, 0.2) is 0 Å². The normalized spacial score (nSPS) is 12.0. The van der Waals surface area contributed by atoms with Crippen LogP contribution in [0.1, 0.15) is 26.5 Å². The van der Waals surface area contributed by atoms with Gasteiger partial charge in [0.05, 0.1) is 29.3 Å². The van der Waals surface area contributed by atoms with Crippen LogP contribution in [0.15, 0.2) is 29.2 Å². The zero-order valence-corrected chi connectivity index (χ0v) is 12.3. The van der Waals surface area contributed by atoms with Gasteiger partial charge in [-0.1, -0.05) is 5.21 Å². The Labute approximate surface area is 121 Å². The van der Waals surface area contributed by atoms with Crippen LogP contribution in [0.25, 0.3) is 11.0 Å². The maximum atomic E-state index is 11.2. The zero-order chi connectivity index (χ0) is 15.0. The number of nitrogens with one attached hydrogen (secondary N) is 3. The fraction of sp³-hybridized carbons (Fsp3) is 0.357. The number of nitrogens with zero attached hydrogens (tertiary/aromatic N) is 3. The van der Waals surface area contributed by atoms with Crippen LogP contribution < -0.4 is 11.0 Å². The molecule has 0 unspecified atom stereocenters. The van der Waals surface area contributed by atoms with Gasteiger partial charge in [-0.3, -0.25) is 0 Å². The van der Waals surface area contributed by atoms with Crippen molar-refractivity contribution in [1.82, 2.24) is 25.0 Å². The lowest BCUT2D eigenvalue weighted by Crippen LogP contribution is -2.22. The molecule has 3 aromatic rings. The highest BCUT2D eigenvalue weighted by Crippen LogP contribution is 2.16. The SMILES string of the molecule is CC(C)(C)n1cc(CNc2ccc3[nH]c(=O)[nH]c3c2)nn1. The molecule has 0 aliphatic carbocycles. The summed E-state index contributed by atoms with van der Waals surface area (Å²) < 4.78 is 1.84. The topological polar surface area (TPSA) is 91.4 Å². The second kappa shape index (κ2) is 4.76. The molecule has 1 aromatic carbocycles. The van der Waals surface area contributed by atoms with Crippen molar-refractivity contribution in [3.05, 3.63) is 40.6 Å². The third-order valence-electron chi connectivity index (χ3n) is 3.22. The van der Waals surface area contributed by atoms with Crippen LogP contribution in [0, 0.1) is 0 Å². The highest BCUT2D eigenvalue weighted by atomic mass is 16.1. The van der Waals surface area contributed by atoms with Crippen LogP contribution >= 0.6 is 0 Å². The molecule has 0 saturated heterocycles. The van der Waals surface area contributed by atoms with E-state index in [2.05, 4.69) is 46.4 Å². The van der Waals surface area contributed by atoms with Crippen molar-refractivity contribution in [3.63, 3.8) is 0 Å². The number of rotatable bonds is 3. The summed E-state index contributed by atoms with van der Waals surface area (Å²) in [5.41, 5.74) is 3.09. The molecule has 7 heteroatoms. The summed E-state index contributed by atoms with van der Waals surface area (Å²) in [4.78, 5) is 16.7. The van der Waals surface area contributed by atoms with Crippen molar-refractivity contribution in [2.45, 2.75) is 32.9 Å². The van der Waals surface area contributed by atoms with Gasteiger partial charge in [0.1, 0.15) is 5.69 Å². The molecule has 110 valence electrons. The first-order valence-electron chi connectivity index (χ1n) is 6.79. The van der Waals surface area contributed by atoms with E-state index in [0.29, 0.717) is 6.54 Å². The van der Waals surface area contributed by atoms with Crippen molar-refractivity contribution in [2.75, 3.05) is 5.32 Å². The Balaban J connectivity index is 1.74. The molecule has 3 N–H and O–H groups in total. The summed E-state index contributed by atoms with van der Waals surface area (Å²) in [6.07, 6.45) is 1.93. The maximum Gasteiger partial charge on any atom is 0.323 e. The fourth-order valence-electron chi connectivity index (χ4n) is 2.04. The number of H-pyrrole nitrogens is 2. The minimum Gasteiger partial charge on any atom is -0.379 e. The first kappa shape index (κ1) is 13.4. The fourth-order valence-corrected chi connectivity index (χ4v) is 2.04. The molecule has 0 aliphatic rings. The Kier molecular flexibility index (Phi) is 3.04. The van der Waals surface area contributed by atoms with E-state index in [-0.39, 0.29) is 11.2 Å². The van der Waals surface area contributed by atoms with Crippen LogP contribution in [0.3, 0.4) is 0 Å². The average molecular weight is 286 g/mol. The van der Waals surface area contributed by atoms with E-state index in [1.54, 1.807) is 0 Å². The van der Waals surface area contributed by atoms with Crippen LogP contribution in [0.5, 0.6) is 0 Å². The number of hydrogen-bond acceptors (Lipinski definition) is 4. The second-order valence-corrected chi connectivity index (χ2v) is 6.02. The molecule has 0 bridgehead atoms. The maximum absolute atomic E-state index is 11.2. The summed E-state index contributed by atoms with van der Waals surface area (Å²) in [5.74, 6) is 0. The smallest absolute Gasteiger partial charge is 0.323 e. The second-order valence-electron chi connectivity index (χ2n) is 6.02.